The zero-order valence-corrected chi connectivity index (χ0v) is 7.09. The predicted molar refractivity (Wildman–Crippen MR) is 44.6 cm³/mol. The van der Waals surface area contributed by atoms with Gasteiger partial charge in [-0.1, -0.05) is 13.8 Å². The summed E-state index contributed by atoms with van der Waals surface area (Å²) in [6.07, 6.45) is 3.15. The average molecular weight is 143 g/mol. The van der Waals surface area contributed by atoms with Crippen molar-refractivity contribution in [3.05, 3.63) is 0 Å². The molecule has 0 fully saturated rings. The summed E-state index contributed by atoms with van der Waals surface area (Å²) >= 11 is 0. The molecular weight excluding hydrogens is 126 g/mol. The van der Waals surface area contributed by atoms with Gasteiger partial charge < -0.3 is 5.11 Å². The van der Waals surface area contributed by atoms with Crippen LogP contribution in [-0.2, 0) is 0 Å². The number of hydrogen-bond acceptors (Lipinski definition) is 2. The lowest BCUT2D eigenvalue weighted by Gasteiger charge is -2.18. The van der Waals surface area contributed by atoms with Crippen LogP contribution in [0.3, 0.4) is 0 Å². The molecule has 0 amide bonds. The van der Waals surface area contributed by atoms with E-state index in [2.05, 4.69) is 4.99 Å². The third kappa shape index (κ3) is 2.97. The molecule has 0 radical (unpaired) electrons. The summed E-state index contributed by atoms with van der Waals surface area (Å²) < 4.78 is 0. The second kappa shape index (κ2) is 4.45. The van der Waals surface area contributed by atoms with Crippen molar-refractivity contribution in [3.63, 3.8) is 0 Å². The maximum Gasteiger partial charge on any atom is 0.0987 e. The zero-order chi connectivity index (χ0) is 8.04. The van der Waals surface area contributed by atoms with Crippen LogP contribution in [0.5, 0.6) is 0 Å². The lowest BCUT2D eigenvalue weighted by molar-refractivity contribution is 0.109. The maximum atomic E-state index is 9.61. The highest BCUT2D eigenvalue weighted by atomic mass is 16.3. The van der Waals surface area contributed by atoms with E-state index in [4.69, 9.17) is 0 Å². The Morgan fingerprint density at radius 2 is 1.80 bits per heavy atom. The number of nitrogens with zero attached hydrogens (tertiary/aromatic N) is 1. The van der Waals surface area contributed by atoms with Crippen LogP contribution < -0.4 is 0 Å². The molecule has 0 aliphatic heterocycles. The van der Waals surface area contributed by atoms with Gasteiger partial charge in [-0.15, -0.1) is 0 Å². The van der Waals surface area contributed by atoms with Gasteiger partial charge in [0, 0.05) is 12.8 Å². The van der Waals surface area contributed by atoms with E-state index in [-0.39, 0.29) is 0 Å². The molecule has 60 valence electrons. The molecule has 0 aromatic heterocycles. The number of aliphatic imine (C=N–C) groups is 1. The first-order valence-electron chi connectivity index (χ1n) is 3.92. The zero-order valence-electron chi connectivity index (χ0n) is 7.09. The lowest BCUT2D eigenvalue weighted by Crippen LogP contribution is -2.28. The molecule has 0 rings (SSSR count). The van der Waals surface area contributed by atoms with Crippen molar-refractivity contribution in [3.8, 4) is 0 Å². The van der Waals surface area contributed by atoms with Gasteiger partial charge in [0.15, 0.2) is 0 Å². The highest BCUT2D eigenvalue weighted by Crippen LogP contribution is 2.10. The molecule has 0 aliphatic carbocycles. The van der Waals surface area contributed by atoms with Crippen LogP contribution in [-0.4, -0.2) is 23.5 Å². The maximum absolute atomic E-state index is 9.61. The quantitative estimate of drug-likeness (QED) is 0.596. The largest absolute Gasteiger partial charge is 0.384 e. The molecule has 0 spiro atoms. The Morgan fingerprint density at radius 1 is 1.30 bits per heavy atom. The number of rotatable bonds is 4. The molecule has 2 nitrogen and oxygen atoms in total. The van der Waals surface area contributed by atoms with Crippen LogP contribution in [0.1, 0.15) is 33.6 Å². The number of aliphatic hydroxyl groups is 1. The Hall–Kier alpha value is -0.370. The van der Waals surface area contributed by atoms with E-state index in [9.17, 15) is 5.11 Å². The fourth-order valence-corrected chi connectivity index (χ4v) is 0.694. The standard InChI is InChI=1S/C8H17NO/c1-4-8(10,5-2)7-9-6-3/h7,10H,4-6H2,1-3H3. The molecule has 0 saturated heterocycles. The van der Waals surface area contributed by atoms with Gasteiger partial charge in [0.1, 0.15) is 0 Å². The first-order chi connectivity index (χ1) is 4.68. The summed E-state index contributed by atoms with van der Waals surface area (Å²) in [5.74, 6) is 0. The van der Waals surface area contributed by atoms with Crippen molar-refractivity contribution in [1.29, 1.82) is 0 Å². The van der Waals surface area contributed by atoms with Crippen LogP contribution in [0.4, 0.5) is 0 Å². The molecule has 0 heterocycles. The molecule has 10 heavy (non-hydrogen) atoms. The molecule has 0 saturated carbocycles. The highest BCUT2D eigenvalue weighted by Gasteiger charge is 2.17. The Balaban J connectivity index is 3.92. The monoisotopic (exact) mass is 143 g/mol. The molecular formula is C8H17NO. The lowest BCUT2D eigenvalue weighted by atomic mass is 10.00. The molecule has 1 N–H and O–H groups in total. The van der Waals surface area contributed by atoms with Crippen molar-refractivity contribution >= 4 is 6.21 Å². The minimum absolute atomic E-state index is 0.657. The normalized spacial score (nSPS) is 12.8. The first kappa shape index (κ1) is 9.63. The third-order valence-electron chi connectivity index (χ3n) is 1.74. The van der Waals surface area contributed by atoms with Crippen molar-refractivity contribution < 1.29 is 5.11 Å². The van der Waals surface area contributed by atoms with Crippen molar-refractivity contribution in [1.82, 2.24) is 0 Å². The van der Waals surface area contributed by atoms with Crippen LogP contribution in [0.15, 0.2) is 4.99 Å². The van der Waals surface area contributed by atoms with Gasteiger partial charge in [-0.25, -0.2) is 0 Å². The molecule has 2 heteroatoms. The minimum Gasteiger partial charge on any atom is -0.384 e. The summed E-state index contributed by atoms with van der Waals surface area (Å²) in [6, 6.07) is 0. The minimum atomic E-state index is -0.657. The van der Waals surface area contributed by atoms with E-state index < -0.39 is 5.60 Å². The van der Waals surface area contributed by atoms with Crippen LogP contribution >= 0.6 is 0 Å². The van der Waals surface area contributed by atoms with Gasteiger partial charge in [-0.05, 0) is 19.8 Å². The molecule has 0 bridgehead atoms. The topological polar surface area (TPSA) is 32.6 Å². The fourth-order valence-electron chi connectivity index (χ4n) is 0.694. The Morgan fingerprint density at radius 3 is 2.10 bits per heavy atom. The highest BCUT2D eigenvalue weighted by molar-refractivity contribution is 5.67. The van der Waals surface area contributed by atoms with Gasteiger partial charge in [-0.3, -0.25) is 4.99 Å². The van der Waals surface area contributed by atoms with Gasteiger partial charge in [-0.2, -0.15) is 0 Å². The van der Waals surface area contributed by atoms with Crippen molar-refractivity contribution in [2.75, 3.05) is 6.54 Å². The molecule has 0 atom stereocenters. The number of hydrogen-bond donors (Lipinski definition) is 1. The van der Waals surface area contributed by atoms with E-state index in [0.717, 1.165) is 19.4 Å². The molecule has 0 aromatic rings. The summed E-state index contributed by atoms with van der Waals surface area (Å²) in [5, 5.41) is 9.61. The van der Waals surface area contributed by atoms with E-state index in [0.29, 0.717) is 0 Å². The molecule has 0 aromatic carbocycles. The second-order valence-corrected chi connectivity index (χ2v) is 2.44. The summed E-state index contributed by atoms with van der Waals surface area (Å²) in [7, 11) is 0. The summed E-state index contributed by atoms with van der Waals surface area (Å²) in [6.45, 7) is 6.64. The fraction of sp³-hybridized carbons (Fsp3) is 0.875. The van der Waals surface area contributed by atoms with Crippen LogP contribution in [0.25, 0.3) is 0 Å². The van der Waals surface area contributed by atoms with E-state index in [1.54, 1.807) is 6.21 Å². The summed E-state index contributed by atoms with van der Waals surface area (Å²) in [5.41, 5.74) is -0.657. The van der Waals surface area contributed by atoms with Gasteiger partial charge in [0.25, 0.3) is 0 Å². The summed E-state index contributed by atoms with van der Waals surface area (Å²) in [4.78, 5) is 4.01. The van der Waals surface area contributed by atoms with Gasteiger partial charge in [0.05, 0.1) is 5.60 Å². The molecule has 0 aliphatic rings. The smallest absolute Gasteiger partial charge is 0.0987 e. The van der Waals surface area contributed by atoms with Gasteiger partial charge in [0.2, 0.25) is 0 Å². The first-order valence-corrected chi connectivity index (χ1v) is 3.92. The SMILES string of the molecule is CCN=CC(O)(CC)CC. The van der Waals surface area contributed by atoms with E-state index >= 15 is 0 Å². The van der Waals surface area contributed by atoms with Gasteiger partial charge >= 0.3 is 0 Å². The molecule has 0 unspecified atom stereocenters. The Bertz CT molecular complexity index is 106. The predicted octanol–water partition coefficient (Wildman–Crippen LogP) is 1.63. The van der Waals surface area contributed by atoms with E-state index in [1.165, 1.54) is 0 Å². The third-order valence-corrected chi connectivity index (χ3v) is 1.74. The van der Waals surface area contributed by atoms with Crippen molar-refractivity contribution in [2.24, 2.45) is 4.99 Å². The Kier molecular flexibility index (Phi) is 4.28. The van der Waals surface area contributed by atoms with E-state index in [1.807, 2.05) is 20.8 Å². The van der Waals surface area contributed by atoms with Crippen LogP contribution in [0.2, 0.25) is 0 Å². The Labute approximate surface area is 63.0 Å². The second-order valence-electron chi connectivity index (χ2n) is 2.44. The van der Waals surface area contributed by atoms with Crippen molar-refractivity contribution in [2.45, 2.75) is 39.2 Å². The van der Waals surface area contributed by atoms with Crippen LogP contribution in [0, 0.1) is 0 Å². The average Bonchev–Trinajstić information content (AvgIpc) is 2.00.